The Kier molecular flexibility index (Phi) is 3.80. The van der Waals surface area contributed by atoms with Crippen molar-refractivity contribution in [2.45, 2.75) is 26.1 Å². The molecular weight excluding hydrogens is 123 g/mol. The van der Waals surface area contributed by atoms with Gasteiger partial charge in [-0.15, -0.1) is 0 Å². The van der Waals surface area contributed by atoms with Crippen LogP contribution in [0.4, 0.5) is 0 Å². The first kappa shape index (κ1) is 7.90. The fourth-order valence-electron chi connectivity index (χ4n) is 0.297. The molecule has 0 aliphatic carbocycles. The number of rotatable bonds is 2. The molecule has 0 amide bonds. The Labute approximate surface area is 51.8 Å². The predicted octanol–water partition coefficient (Wildman–Crippen LogP) is 1.16. The molecule has 0 aromatic rings. The van der Waals surface area contributed by atoms with E-state index in [0.29, 0.717) is 0 Å². The molecule has 0 aliphatic heterocycles. The average molecular weight is 134 g/mol. The minimum Gasteiger partial charge on any atom is -0.459 e. The van der Waals surface area contributed by atoms with E-state index in [1.165, 1.54) is 6.92 Å². The molecule has 0 bridgehead atoms. The van der Waals surface area contributed by atoms with Gasteiger partial charge in [-0.1, -0.05) is 16.2 Å². The number of carbonyl (C=O) groups is 1. The van der Waals surface area contributed by atoms with Gasteiger partial charge < -0.3 is 4.74 Å². The second-order valence-electron chi connectivity index (χ2n) is 1.56. The quantitative estimate of drug-likeness (QED) is 0.418. The second-order valence-corrected chi connectivity index (χ2v) is 2.30. The van der Waals surface area contributed by atoms with Gasteiger partial charge in [0.25, 0.3) is 0 Å². The standard InChI is InChI=1S/C5H11O2P/c1-3-5(8)7-4(2)6/h5H,3,8H2,1-2H3. The number of hydrogen-bond acceptors (Lipinski definition) is 2. The Morgan fingerprint density at radius 2 is 2.38 bits per heavy atom. The highest BCUT2D eigenvalue weighted by molar-refractivity contribution is 7.17. The lowest BCUT2D eigenvalue weighted by Crippen LogP contribution is -2.06. The third-order valence-electron chi connectivity index (χ3n) is 0.720. The van der Waals surface area contributed by atoms with Crippen LogP contribution in [0, 0.1) is 0 Å². The van der Waals surface area contributed by atoms with Crippen molar-refractivity contribution >= 4 is 15.2 Å². The van der Waals surface area contributed by atoms with Crippen LogP contribution in [0.1, 0.15) is 20.3 Å². The van der Waals surface area contributed by atoms with Crippen LogP contribution in [0.3, 0.4) is 0 Å². The van der Waals surface area contributed by atoms with Gasteiger partial charge in [-0.25, -0.2) is 0 Å². The number of carbonyl (C=O) groups excluding carboxylic acids is 1. The summed E-state index contributed by atoms with van der Waals surface area (Å²) < 4.78 is 4.72. The van der Waals surface area contributed by atoms with Crippen molar-refractivity contribution in [1.29, 1.82) is 0 Å². The Morgan fingerprint density at radius 3 is 2.50 bits per heavy atom. The van der Waals surface area contributed by atoms with Gasteiger partial charge >= 0.3 is 5.97 Å². The van der Waals surface area contributed by atoms with Gasteiger partial charge in [-0.3, -0.25) is 4.79 Å². The van der Waals surface area contributed by atoms with Crippen LogP contribution >= 0.6 is 9.24 Å². The molecule has 0 radical (unpaired) electrons. The summed E-state index contributed by atoms with van der Waals surface area (Å²) in [6, 6.07) is 0. The average Bonchev–Trinajstić information content (AvgIpc) is 1.65. The monoisotopic (exact) mass is 134 g/mol. The van der Waals surface area contributed by atoms with Crippen LogP contribution < -0.4 is 0 Å². The van der Waals surface area contributed by atoms with Crippen molar-refractivity contribution in [2.75, 3.05) is 0 Å². The molecule has 0 spiro atoms. The minimum absolute atomic E-state index is 0.00694. The fraction of sp³-hybridized carbons (Fsp3) is 0.800. The van der Waals surface area contributed by atoms with Gasteiger partial charge in [0, 0.05) is 6.92 Å². The number of ether oxygens (including phenoxy) is 1. The topological polar surface area (TPSA) is 26.3 Å². The zero-order valence-corrected chi connectivity index (χ0v) is 6.33. The number of hydrogen-bond donors (Lipinski definition) is 0. The van der Waals surface area contributed by atoms with Gasteiger partial charge in [0.05, 0.1) is 0 Å². The summed E-state index contributed by atoms with van der Waals surface area (Å²) in [5, 5.41) is 0. The second kappa shape index (κ2) is 3.85. The van der Waals surface area contributed by atoms with E-state index in [-0.39, 0.29) is 11.8 Å². The van der Waals surface area contributed by atoms with Crippen molar-refractivity contribution in [3.8, 4) is 0 Å². The molecule has 0 aromatic carbocycles. The van der Waals surface area contributed by atoms with Crippen LogP contribution in [-0.2, 0) is 9.53 Å². The molecule has 0 N–H and O–H groups in total. The normalized spacial score (nSPS) is 12.9. The van der Waals surface area contributed by atoms with E-state index in [9.17, 15) is 4.79 Å². The van der Waals surface area contributed by atoms with Crippen molar-refractivity contribution in [3.63, 3.8) is 0 Å². The molecule has 2 nitrogen and oxygen atoms in total. The maximum absolute atomic E-state index is 10.2. The SMILES string of the molecule is CCC(P)OC(C)=O. The number of esters is 1. The highest BCUT2D eigenvalue weighted by atomic mass is 31.0. The lowest BCUT2D eigenvalue weighted by molar-refractivity contribution is -0.142. The molecular formula is C5H11O2P. The molecule has 2 atom stereocenters. The van der Waals surface area contributed by atoms with Crippen molar-refractivity contribution in [2.24, 2.45) is 0 Å². The van der Waals surface area contributed by atoms with E-state index < -0.39 is 0 Å². The zero-order chi connectivity index (χ0) is 6.57. The van der Waals surface area contributed by atoms with Crippen LogP contribution in [0.2, 0.25) is 0 Å². The molecule has 8 heavy (non-hydrogen) atoms. The van der Waals surface area contributed by atoms with Gasteiger partial charge in [-0.2, -0.15) is 0 Å². The van der Waals surface area contributed by atoms with Crippen molar-refractivity contribution in [1.82, 2.24) is 0 Å². The first-order valence-electron chi connectivity index (χ1n) is 2.59. The summed E-state index contributed by atoms with van der Waals surface area (Å²) in [5.74, 6) is -0.223. The molecule has 0 rings (SSSR count). The van der Waals surface area contributed by atoms with Gasteiger partial charge in [0.1, 0.15) is 5.85 Å². The van der Waals surface area contributed by atoms with Crippen molar-refractivity contribution in [3.05, 3.63) is 0 Å². The largest absolute Gasteiger partial charge is 0.459 e. The summed E-state index contributed by atoms with van der Waals surface area (Å²) in [6.07, 6.45) is 0.851. The first-order valence-corrected chi connectivity index (χ1v) is 3.26. The summed E-state index contributed by atoms with van der Waals surface area (Å²) >= 11 is 0. The molecule has 0 saturated carbocycles. The summed E-state index contributed by atoms with van der Waals surface area (Å²) in [4.78, 5) is 10.2. The van der Waals surface area contributed by atoms with Crippen LogP contribution in [0.5, 0.6) is 0 Å². The van der Waals surface area contributed by atoms with E-state index >= 15 is 0 Å². The molecule has 0 aliphatic rings. The van der Waals surface area contributed by atoms with Gasteiger partial charge in [0.2, 0.25) is 0 Å². The van der Waals surface area contributed by atoms with Crippen LogP contribution in [0.25, 0.3) is 0 Å². The van der Waals surface area contributed by atoms with E-state index in [4.69, 9.17) is 4.74 Å². The highest BCUT2D eigenvalue weighted by Crippen LogP contribution is 2.05. The molecule has 0 fully saturated rings. The van der Waals surface area contributed by atoms with Gasteiger partial charge in [0.15, 0.2) is 0 Å². The van der Waals surface area contributed by atoms with Crippen LogP contribution in [-0.4, -0.2) is 11.8 Å². The first-order chi connectivity index (χ1) is 3.66. The smallest absolute Gasteiger partial charge is 0.303 e. The summed E-state index contributed by atoms with van der Waals surface area (Å²) in [7, 11) is 2.44. The van der Waals surface area contributed by atoms with E-state index in [1.807, 2.05) is 6.92 Å². The van der Waals surface area contributed by atoms with E-state index in [0.717, 1.165) is 6.42 Å². The van der Waals surface area contributed by atoms with Crippen LogP contribution in [0.15, 0.2) is 0 Å². The summed E-state index contributed by atoms with van der Waals surface area (Å²) in [5.41, 5.74) is 0. The Balaban J connectivity index is 3.24. The Bertz CT molecular complexity index is 82.5. The van der Waals surface area contributed by atoms with Gasteiger partial charge in [-0.05, 0) is 6.42 Å². The van der Waals surface area contributed by atoms with E-state index in [1.54, 1.807) is 0 Å². The van der Waals surface area contributed by atoms with Crippen molar-refractivity contribution < 1.29 is 9.53 Å². The predicted molar refractivity (Wildman–Crippen MR) is 35.6 cm³/mol. The molecule has 0 saturated heterocycles. The molecule has 0 aromatic heterocycles. The minimum atomic E-state index is -0.216. The third-order valence-corrected chi connectivity index (χ3v) is 1.33. The fourth-order valence-corrected chi connectivity index (χ4v) is 0.488. The molecule has 3 heteroatoms. The van der Waals surface area contributed by atoms with E-state index in [2.05, 4.69) is 9.24 Å². The zero-order valence-electron chi connectivity index (χ0n) is 5.18. The molecule has 2 unspecified atom stereocenters. The Hall–Kier alpha value is -0.100. The molecule has 48 valence electrons. The maximum atomic E-state index is 10.2. The highest BCUT2D eigenvalue weighted by Gasteiger charge is 1.99. The molecule has 0 heterocycles. The maximum Gasteiger partial charge on any atom is 0.303 e. The Morgan fingerprint density at radius 1 is 1.88 bits per heavy atom. The third kappa shape index (κ3) is 4.07. The summed E-state index contributed by atoms with van der Waals surface area (Å²) in [6.45, 7) is 3.37. The lowest BCUT2D eigenvalue weighted by atomic mass is 10.5. The lowest BCUT2D eigenvalue weighted by Gasteiger charge is -2.06.